The van der Waals surface area contributed by atoms with Gasteiger partial charge in [-0.3, -0.25) is 14.6 Å². The molecule has 8 heteroatoms. The van der Waals surface area contributed by atoms with Crippen LogP contribution in [0.5, 0.6) is 11.5 Å². The first-order valence-electron chi connectivity index (χ1n) is 9.28. The van der Waals surface area contributed by atoms with Gasteiger partial charge in [0.15, 0.2) is 0 Å². The molecule has 0 radical (unpaired) electrons. The number of nitrogens with two attached hydrogens (primary N) is 1. The van der Waals surface area contributed by atoms with Gasteiger partial charge in [0.25, 0.3) is 0 Å². The zero-order chi connectivity index (χ0) is 21.1. The molecule has 0 bridgehead atoms. The van der Waals surface area contributed by atoms with Crippen LogP contribution in [0.15, 0.2) is 54.6 Å². The Labute approximate surface area is 177 Å². The van der Waals surface area contributed by atoms with Gasteiger partial charge in [0, 0.05) is 11.1 Å². The van der Waals surface area contributed by atoms with Crippen molar-refractivity contribution in [3.05, 3.63) is 65.9 Å². The maximum atomic E-state index is 12.6. The van der Waals surface area contributed by atoms with Crippen molar-refractivity contribution in [2.24, 2.45) is 5.73 Å². The third-order valence-electron chi connectivity index (χ3n) is 4.76. The van der Waals surface area contributed by atoms with Crippen LogP contribution < -0.4 is 10.5 Å². The van der Waals surface area contributed by atoms with Gasteiger partial charge in [-0.25, -0.2) is 0 Å². The molecule has 1 fully saturated rings. The first kappa shape index (κ1) is 19.7. The minimum Gasteiger partial charge on any atom is -0.457 e. The Morgan fingerprint density at radius 2 is 2.00 bits per heavy atom. The van der Waals surface area contributed by atoms with Gasteiger partial charge in [0.1, 0.15) is 17.5 Å². The number of hydrogen-bond donors (Lipinski definition) is 1. The van der Waals surface area contributed by atoms with E-state index in [2.05, 4.69) is 11.1 Å². The summed E-state index contributed by atoms with van der Waals surface area (Å²) in [5.41, 5.74) is 6.85. The Kier molecular flexibility index (Phi) is 5.55. The molecule has 2 aromatic carbocycles. The molecule has 2 heterocycles. The smallest absolute Gasteiger partial charge is 0.249 e. The summed E-state index contributed by atoms with van der Waals surface area (Å²) in [6, 6.07) is 17.7. The van der Waals surface area contributed by atoms with Crippen molar-refractivity contribution in [1.82, 2.24) is 9.88 Å². The van der Waals surface area contributed by atoms with Crippen LogP contribution in [-0.4, -0.2) is 39.4 Å². The van der Waals surface area contributed by atoms with Crippen LogP contribution in [-0.2, 0) is 11.2 Å². The molecule has 0 spiro atoms. The molecule has 1 saturated heterocycles. The molecule has 1 atom stereocenters. The maximum absolute atomic E-state index is 12.6. The van der Waals surface area contributed by atoms with Crippen LogP contribution in [0, 0.1) is 11.3 Å². The number of carbonyl (C=O) groups excluding carboxylic acids is 2. The number of para-hydroxylation sites is 1. The highest BCUT2D eigenvalue weighted by Gasteiger charge is 2.29. The van der Waals surface area contributed by atoms with E-state index in [4.69, 9.17) is 10.5 Å². The number of primary amides is 1. The molecule has 1 aliphatic rings. The fourth-order valence-electron chi connectivity index (χ4n) is 3.29. The van der Waals surface area contributed by atoms with E-state index in [9.17, 15) is 14.9 Å². The van der Waals surface area contributed by atoms with E-state index in [-0.39, 0.29) is 17.9 Å². The number of rotatable bonds is 5. The summed E-state index contributed by atoms with van der Waals surface area (Å²) in [5.74, 6) is 1.49. The number of aromatic nitrogens is 1. The fraction of sp³-hybridized carbons (Fsp3) is 0.182. The Morgan fingerprint density at radius 3 is 2.73 bits per heavy atom. The minimum absolute atomic E-state index is 0.00275. The number of carbonyl (C=O) groups is 2. The number of ether oxygens (including phenoxy) is 1. The van der Waals surface area contributed by atoms with Gasteiger partial charge in [-0.1, -0.05) is 18.2 Å². The van der Waals surface area contributed by atoms with Crippen molar-refractivity contribution in [3.8, 4) is 17.6 Å². The first-order chi connectivity index (χ1) is 14.5. The van der Waals surface area contributed by atoms with Gasteiger partial charge in [0.2, 0.25) is 11.8 Å². The molecule has 3 aromatic rings. The van der Waals surface area contributed by atoms with E-state index >= 15 is 0 Å². The summed E-state index contributed by atoms with van der Waals surface area (Å²) < 4.78 is 5.83. The summed E-state index contributed by atoms with van der Waals surface area (Å²) in [4.78, 5) is 30.8. The highest BCUT2D eigenvalue weighted by atomic mass is 32.2. The lowest BCUT2D eigenvalue weighted by Crippen LogP contribution is -2.36. The maximum Gasteiger partial charge on any atom is 0.249 e. The largest absolute Gasteiger partial charge is 0.457 e. The summed E-state index contributed by atoms with van der Waals surface area (Å²) in [7, 11) is 0. The highest BCUT2D eigenvalue weighted by molar-refractivity contribution is 7.99. The topological polar surface area (TPSA) is 109 Å². The molecular weight excluding hydrogens is 400 g/mol. The van der Waals surface area contributed by atoms with Crippen molar-refractivity contribution in [2.75, 3.05) is 11.6 Å². The van der Waals surface area contributed by atoms with Crippen molar-refractivity contribution < 1.29 is 14.3 Å². The molecule has 2 amide bonds. The van der Waals surface area contributed by atoms with Crippen LogP contribution in [0.1, 0.15) is 16.1 Å². The second-order valence-corrected chi connectivity index (χ2v) is 7.80. The summed E-state index contributed by atoms with van der Waals surface area (Å²) in [5, 5.41) is 9.75. The summed E-state index contributed by atoms with van der Waals surface area (Å²) in [6.07, 6.45) is -0.00275. The predicted molar refractivity (Wildman–Crippen MR) is 114 cm³/mol. The number of nitriles is 1. The van der Waals surface area contributed by atoms with Gasteiger partial charge in [-0.05, 0) is 36.4 Å². The molecule has 4 rings (SSSR count). The SMILES string of the molecule is N#CC1CSCN1C(=O)Cc1cc(C(N)=O)c2cc(Oc3ccccc3)ccc2n1. The van der Waals surface area contributed by atoms with Gasteiger partial charge in [-0.15, -0.1) is 11.8 Å². The van der Waals surface area contributed by atoms with Crippen molar-refractivity contribution in [2.45, 2.75) is 12.5 Å². The Balaban J connectivity index is 1.65. The van der Waals surface area contributed by atoms with E-state index in [1.54, 1.807) is 36.0 Å². The Bertz CT molecular complexity index is 1160. The normalized spacial score (nSPS) is 15.7. The third kappa shape index (κ3) is 4.07. The number of pyridine rings is 1. The van der Waals surface area contributed by atoms with E-state index in [1.165, 1.54) is 4.90 Å². The summed E-state index contributed by atoms with van der Waals surface area (Å²) in [6.45, 7) is 0. The average Bonchev–Trinajstić information content (AvgIpc) is 3.23. The quantitative estimate of drug-likeness (QED) is 0.682. The van der Waals surface area contributed by atoms with Crippen molar-refractivity contribution in [3.63, 3.8) is 0 Å². The van der Waals surface area contributed by atoms with Crippen molar-refractivity contribution >= 4 is 34.5 Å². The monoisotopic (exact) mass is 418 g/mol. The number of amides is 2. The predicted octanol–water partition coefficient (Wildman–Crippen LogP) is 3.09. The van der Waals surface area contributed by atoms with E-state index in [0.29, 0.717) is 39.7 Å². The number of hydrogen-bond acceptors (Lipinski definition) is 6. The van der Waals surface area contributed by atoms with Gasteiger partial charge < -0.3 is 15.4 Å². The molecular formula is C22H18N4O3S. The molecule has 30 heavy (non-hydrogen) atoms. The zero-order valence-electron chi connectivity index (χ0n) is 15.9. The minimum atomic E-state index is -0.611. The molecule has 2 N–H and O–H groups in total. The first-order valence-corrected chi connectivity index (χ1v) is 10.4. The van der Waals surface area contributed by atoms with Gasteiger partial charge >= 0.3 is 0 Å². The van der Waals surface area contributed by atoms with E-state index < -0.39 is 11.9 Å². The number of nitrogens with zero attached hydrogens (tertiary/aromatic N) is 3. The molecule has 7 nitrogen and oxygen atoms in total. The van der Waals surface area contributed by atoms with Crippen LogP contribution in [0.4, 0.5) is 0 Å². The van der Waals surface area contributed by atoms with Gasteiger partial charge in [-0.2, -0.15) is 5.26 Å². The van der Waals surface area contributed by atoms with Crippen LogP contribution in [0.3, 0.4) is 0 Å². The fourth-order valence-corrected chi connectivity index (χ4v) is 4.40. The standard InChI is InChI=1S/C22H18N4O3S/c23-11-15-12-30-13-26(15)21(27)9-14-8-19(22(24)28)18-10-17(6-7-20(18)25-14)29-16-4-2-1-3-5-16/h1-8,10,15H,9,12-13H2,(H2,24,28). The number of fused-ring (bicyclic) bond motifs is 1. The second kappa shape index (κ2) is 8.43. The molecule has 0 saturated carbocycles. The lowest BCUT2D eigenvalue weighted by molar-refractivity contribution is -0.130. The van der Waals surface area contributed by atoms with Crippen LogP contribution >= 0.6 is 11.8 Å². The Hall–Kier alpha value is -3.57. The van der Waals surface area contributed by atoms with Crippen molar-refractivity contribution in [1.29, 1.82) is 5.26 Å². The van der Waals surface area contributed by atoms with E-state index in [0.717, 1.165) is 0 Å². The molecule has 1 aliphatic heterocycles. The van der Waals surface area contributed by atoms with Crippen LogP contribution in [0.25, 0.3) is 10.9 Å². The van der Waals surface area contributed by atoms with E-state index in [1.807, 2.05) is 30.3 Å². The zero-order valence-corrected chi connectivity index (χ0v) is 16.8. The lowest BCUT2D eigenvalue weighted by atomic mass is 10.1. The Morgan fingerprint density at radius 1 is 1.20 bits per heavy atom. The number of benzene rings is 2. The molecule has 0 aliphatic carbocycles. The number of thioether (sulfide) groups is 1. The lowest BCUT2D eigenvalue weighted by Gasteiger charge is -2.18. The third-order valence-corrected chi connectivity index (χ3v) is 5.77. The second-order valence-electron chi connectivity index (χ2n) is 6.80. The highest BCUT2D eigenvalue weighted by Crippen LogP contribution is 2.28. The molecule has 1 unspecified atom stereocenters. The van der Waals surface area contributed by atoms with Gasteiger partial charge in [0.05, 0.1) is 35.1 Å². The van der Waals surface area contributed by atoms with Crippen LogP contribution in [0.2, 0.25) is 0 Å². The molecule has 150 valence electrons. The summed E-state index contributed by atoms with van der Waals surface area (Å²) >= 11 is 1.54. The average molecular weight is 418 g/mol. The molecule has 1 aromatic heterocycles.